The van der Waals surface area contributed by atoms with Gasteiger partial charge in [-0.25, -0.2) is 9.97 Å². The Morgan fingerprint density at radius 2 is 1.89 bits per heavy atom. The van der Waals surface area contributed by atoms with Crippen LogP contribution in [0.4, 0.5) is 5.95 Å². The summed E-state index contributed by atoms with van der Waals surface area (Å²) in [6.07, 6.45) is 3.68. The second-order valence-electron chi connectivity index (χ2n) is 3.66. The minimum Gasteiger partial charge on any atom is -0.497 e. The van der Waals surface area contributed by atoms with Crippen LogP contribution in [0.3, 0.4) is 0 Å². The van der Waals surface area contributed by atoms with Gasteiger partial charge in [-0.15, -0.1) is 0 Å². The molecule has 18 heavy (non-hydrogen) atoms. The number of anilines is 1. The Labute approximate surface area is 105 Å². The van der Waals surface area contributed by atoms with Crippen molar-refractivity contribution < 1.29 is 9.53 Å². The third kappa shape index (κ3) is 3.04. The van der Waals surface area contributed by atoms with E-state index in [9.17, 15) is 4.79 Å². The van der Waals surface area contributed by atoms with E-state index in [-0.39, 0.29) is 0 Å². The van der Waals surface area contributed by atoms with Crippen LogP contribution in [0, 0.1) is 0 Å². The topological polar surface area (TPSA) is 64.1 Å². The molecule has 1 N–H and O–H groups in total. The summed E-state index contributed by atoms with van der Waals surface area (Å²) in [6.45, 7) is 0.616. The van der Waals surface area contributed by atoms with Crippen molar-refractivity contribution in [2.75, 3.05) is 12.4 Å². The molecular formula is C13H13N3O2. The van der Waals surface area contributed by atoms with E-state index in [2.05, 4.69) is 15.3 Å². The van der Waals surface area contributed by atoms with E-state index < -0.39 is 0 Å². The van der Waals surface area contributed by atoms with Crippen molar-refractivity contribution in [2.24, 2.45) is 0 Å². The molecule has 0 aliphatic carbocycles. The highest BCUT2D eigenvalue weighted by Crippen LogP contribution is 2.12. The Hall–Kier alpha value is -2.43. The van der Waals surface area contributed by atoms with E-state index in [1.54, 1.807) is 7.11 Å². The lowest BCUT2D eigenvalue weighted by Crippen LogP contribution is -2.03. The molecule has 0 aliphatic rings. The number of aromatic nitrogens is 2. The molecule has 0 unspecified atom stereocenters. The van der Waals surface area contributed by atoms with Crippen molar-refractivity contribution in [3.63, 3.8) is 0 Å². The monoisotopic (exact) mass is 243 g/mol. The van der Waals surface area contributed by atoms with Gasteiger partial charge in [0.15, 0.2) is 6.29 Å². The molecule has 0 fully saturated rings. The van der Waals surface area contributed by atoms with Crippen molar-refractivity contribution in [3.05, 3.63) is 47.8 Å². The third-order valence-electron chi connectivity index (χ3n) is 2.42. The molecule has 5 nitrogen and oxygen atoms in total. The number of methoxy groups -OCH3 is 1. The summed E-state index contributed by atoms with van der Waals surface area (Å²) >= 11 is 0. The number of carbonyl (C=O) groups excluding carboxylic acids is 1. The van der Waals surface area contributed by atoms with Crippen LogP contribution in [-0.4, -0.2) is 23.4 Å². The van der Waals surface area contributed by atoms with Crippen LogP contribution in [0.15, 0.2) is 36.7 Å². The van der Waals surface area contributed by atoms with E-state index in [4.69, 9.17) is 4.74 Å². The highest BCUT2D eigenvalue weighted by molar-refractivity contribution is 5.73. The average molecular weight is 243 g/mol. The Kier molecular flexibility index (Phi) is 3.86. The first kappa shape index (κ1) is 12.0. The van der Waals surface area contributed by atoms with Gasteiger partial charge in [0.25, 0.3) is 0 Å². The van der Waals surface area contributed by atoms with Gasteiger partial charge in [-0.3, -0.25) is 4.79 Å². The second-order valence-corrected chi connectivity index (χ2v) is 3.66. The predicted octanol–water partition coefficient (Wildman–Crippen LogP) is 1.91. The van der Waals surface area contributed by atoms with Crippen LogP contribution in [0.1, 0.15) is 15.9 Å². The largest absolute Gasteiger partial charge is 0.497 e. The SMILES string of the molecule is COc1ccc(CNc2ncc(C=O)cn2)cc1. The second kappa shape index (κ2) is 5.77. The van der Waals surface area contributed by atoms with Gasteiger partial charge in [-0.05, 0) is 17.7 Å². The lowest BCUT2D eigenvalue weighted by molar-refractivity contribution is 0.112. The summed E-state index contributed by atoms with van der Waals surface area (Å²) < 4.78 is 5.08. The smallest absolute Gasteiger partial charge is 0.222 e. The number of aldehydes is 1. The Balaban J connectivity index is 1.95. The number of nitrogens with zero attached hydrogens (tertiary/aromatic N) is 2. The molecule has 0 saturated heterocycles. The molecule has 0 bridgehead atoms. The summed E-state index contributed by atoms with van der Waals surface area (Å²) in [6, 6.07) is 7.72. The van der Waals surface area contributed by atoms with Crippen molar-refractivity contribution in [1.29, 1.82) is 0 Å². The number of nitrogens with one attached hydrogen (secondary N) is 1. The molecule has 0 atom stereocenters. The van der Waals surface area contributed by atoms with Gasteiger partial charge >= 0.3 is 0 Å². The van der Waals surface area contributed by atoms with Crippen LogP contribution >= 0.6 is 0 Å². The number of hydrogen-bond donors (Lipinski definition) is 1. The molecule has 1 heterocycles. The molecular weight excluding hydrogens is 230 g/mol. The van der Waals surface area contributed by atoms with Crippen molar-refractivity contribution in [3.8, 4) is 5.75 Å². The van der Waals surface area contributed by atoms with Gasteiger partial charge in [0.05, 0.1) is 12.7 Å². The van der Waals surface area contributed by atoms with E-state index in [1.807, 2.05) is 24.3 Å². The lowest BCUT2D eigenvalue weighted by Gasteiger charge is -2.05. The number of benzene rings is 1. The first-order chi connectivity index (χ1) is 8.81. The normalized spacial score (nSPS) is 9.83. The fourth-order valence-electron chi connectivity index (χ4n) is 1.41. The molecule has 0 spiro atoms. The van der Waals surface area contributed by atoms with E-state index in [0.717, 1.165) is 11.3 Å². The Morgan fingerprint density at radius 1 is 1.22 bits per heavy atom. The molecule has 5 heteroatoms. The quantitative estimate of drug-likeness (QED) is 0.813. The zero-order valence-corrected chi connectivity index (χ0v) is 9.96. The van der Waals surface area contributed by atoms with Crippen molar-refractivity contribution in [1.82, 2.24) is 9.97 Å². The summed E-state index contributed by atoms with van der Waals surface area (Å²) in [4.78, 5) is 18.5. The van der Waals surface area contributed by atoms with Gasteiger partial charge in [-0.1, -0.05) is 12.1 Å². The van der Waals surface area contributed by atoms with Crippen LogP contribution < -0.4 is 10.1 Å². The molecule has 2 rings (SSSR count). The molecule has 0 radical (unpaired) electrons. The molecule has 1 aromatic heterocycles. The summed E-state index contributed by atoms with van der Waals surface area (Å²) in [5.74, 6) is 1.32. The highest BCUT2D eigenvalue weighted by atomic mass is 16.5. The minimum absolute atomic E-state index is 0.463. The van der Waals surface area contributed by atoms with Crippen LogP contribution in [0.5, 0.6) is 5.75 Å². The molecule has 0 amide bonds. The fourth-order valence-corrected chi connectivity index (χ4v) is 1.41. The summed E-state index contributed by atoms with van der Waals surface area (Å²) in [5, 5.41) is 3.07. The maximum Gasteiger partial charge on any atom is 0.222 e. The molecule has 0 aliphatic heterocycles. The maximum atomic E-state index is 10.4. The molecule has 2 aromatic rings. The van der Waals surface area contributed by atoms with Crippen molar-refractivity contribution >= 4 is 12.2 Å². The lowest BCUT2D eigenvalue weighted by atomic mass is 10.2. The Bertz CT molecular complexity index is 509. The van der Waals surface area contributed by atoms with E-state index >= 15 is 0 Å². The number of carbonyl (C=O) groups is 1. The molecule has 92 valence electrons. The summed E-state index contributed by atoms with van der Waals surface area (Å²) in [7, 11) is 1.63. The van der Waals surface area contributed by atoms with Gasteiger partial charge in [-0.2, -0.15) is 0 Å². The standard InChI is InChI=1S/C13H13N3O2/c1-18-12-4-2-10(3-5-12)6-14-13-15-7-11(9-17)8-16-13/h2-5,7-9H,6H2,1H3,(H,14,15,16). The minimum atomic E-state index is 0.463. The summed E-state index contributed by atoms with van der Waals surface area (Å²) in [5.41, 5.74) is 1.56. The van der Waals surface area contributed by atoms with Crippen LogP contribution in [0.25, 0.3) is 0 Å². The number of rotatable bonds is 5. The predicted molar refractivity (Wildman–Crippen MR) is 67.7 cm³/mol. The molecule has 1 aromatic carbocycles. The number of ether oxygens (including phenoxy) is 1. The zero-order valence-electron chi connectivity index (χ0n) is 9.96. The van der Waals surface area contributed by atoms with Crippen LogP contribution in [0.2, 0.25) is 0 Å². The average Bonchev–Trinajstić information content (AvgIpc) is 2.46. The van der Waals surface area contributed by atoms with Crippen molar-refractivity contribution in [2.45, 2.75) is 6.54 Å². The van der Waals surface area contributed by atoms with Crippen LogP contribution in [-0.2, 0) is 6.54 Å². The Morgan fingerprint density at radius 3 is 2.44 bits per heavy atom. The zero-order chi connectivity index (χ0) is 12.8. The first-order valence-electron chi connectivity index (χ1n) is 5.46. The molecule has 0 saturated carbocycles. The third-order valence-corrected chi connectivity index (χ3v) is 2.42. The van der Waals surface area contributed by atoms with Gasteiger partial charge in [0.1, 0.15) is 5.75 Å². The van der Waals surface area contributed by atoms with Gasteiger partial charge in [0, 0.05) is 18.9 Å². The van der Waals surface area contributed by atoms with E-state index in [1.165, 1.54) is 12.4 Å². The van der Waals surface area contributed by atoms with Gasteiger partial charge < -0.3 is 10.1 Å². The van der Waals surface area contributed by atoms with Gasteiger partial charge in [0.2, 0.25) is 5.95 Å². The number of hydrogen-bond acceptors (Lipinski definition) is 5. The first-order valence-corrected chi connectivity index (χ1v) is 5.46. The van der Waals surface area contributed by atoms with E-state index in [0.29, 0.717) is 24.3 Å². The highest BCUT2D eigenvalue weighted by Gasteiger charge is 1.98. The maximum absolute atomic E-state index is 10.4. The fraction of sp³-hybridized carbons (Fsp3) is 0.154.